The fourth-order valence-electron chi connectivity index (χ4n) is 2.24. The molecule has 0 aromatic heterocycles. The molecule has 86 valence electrons. The average molecular weight is 210 g/mol. The predicted octanol–water partition coefficient (Wildman–Crippen LogP) is 1.54. The molecule has 0 heterocycles. The van der Waals surface area contributed by atoms with Crippen LogP contribution in [0.2, 0.25) is 0 Å². The molecule has 3 heteroatoms. The highest BCUT2D eigenvalue weighted by Crippen LogP contribution is 2.24. The summed E-state index contributed by atoms with van der Waals surface area (Å²) in [6.45, 7) is 5.28. The van der Waals surface area contributed by atoms with Gasteiger partial charge in [0.25, 0.3) is 0 Å². The molecular weight excluding hydrogens is 188 g/mol. The summed E-state index contributed by atoms with van der Waals surface area (Å²) in [6, 6.07) is 0. The standard InChI is InChI=1S/C12H22N2O/c1-2-8-14(12(15)9-13)10-11-6-4-3-5-7-11/h2,11H,1,3-10,13H2. The van der Waals surface area contributed by atoms with Crippen molar-refractivity contribution >= 4 is 5.91 Å². The van der Waals surface area contributed by atoms with Gasteiger partial charge in [0.2, 0.25) is 5.91 Å². The highest BCUT2D eigenvalue weighted by atomic mass is 16.2. The maximum Gasteiger partial charge on any atom is 0.236 e. The third kappa shape index (κ3) is 4.04. The van der Waals surface area contributed by atoms with Crippen LogP contribution in [0.25, 0.3) is 0 Å². The lowest BCUT2D eigenvalue weighted by Crippen LogP contribution is -2.39. The fraction of sp³-hybridized carbons (Fsp3) is 0.750. The molecule has 0 spiro atoms. The molecule has 2 N–H and O–H groups in total. The summed E-state index contributed by atoms with van der Waals surface area (Å²) < 4.78 is 0. The minimum atomic E-state index is 0.0421. The Hall–Kier alpha value is -0.830. The highest BCUT2D eigenvalue weighted by Gasteiger charge is 2.18. The van der Waals surface area contributed by atoms with Crippen LogP contribution in [-0.2, 0) is 4.79 Å². The average Bonchev–Trinajstić information content (AvgIpc) is 2.29. The van der Waals surface area contributed by atoms with Crippen molar-refractivity contribution in [3.8, 4) is 0 Å². The molecule has 0 radical (unpaired) electrons. The van der Waals surface area contributed by atoms with Gasteiger partial charge in [0.15, 0.2) is 0 Å². The second kappa shape index (κ2) is 6.62. The first-order valence-electron chi connectivity index (χ1n) is 5.86. The third-order valence-electron chi connectivity index (χ3n) is 3.08. The molecule has 0 bridgehead atoms. The number of rotatable bonds is 5. The van der Waals surface area contributed by atoms with Crippen LogP contribution in [0.3, 0.4) is 0 Å². The molecule has 1 rings (SSSR count). The van der Waals surface area contributed by atoms with Gasteiger partial charge < -0.3 is 10.6 Å². The van der Waals surface area contributed by atoms with Crippen molar-refractivity contribution in [2.45, 2.75) is 32.1 Å². The Bertz CT molecular complexity index is 210. The summed E-state index contributed by atoms with van der Waals surface area (Å²) in [5, 5.41) is 0. The zero-order valence-electron chi connectivity index (χ0n) is 9.45. The van der Waals surface area contributed by atoms with E-state index in [-0.39, 0.29) is 12.5 Å². The molecule has 1 aliphatic carbocycles. The van der Waals surface area contributed by atoms with E-state index < -0.39 is 0 Å². The van der Waals surface area contributed by atoms with Crippen molar-refractivity contribution in [1.82, 2.24) is 4.90 Å². The summed E-state index contributed by atoms with van der Waals surface area (Å²) in [5.41, 5.74) is 5.38. The molecule has 15 heavy (non-hydrogen) atoms. The number of amides is 1. The van der Waals surface area contributed by atoms with Crippen LogP contribution >= 0.6 is 0 Å². The van der Waals surface area contributed by atoms with Crippen LogP contribution in [0.5, 0.6) is 0 Å². The van der Waals surface area contributed by atoms with E-state index in [2.05, 4.69) is 6.58 Å². The number of nitrogens with zero attached hydrogens (tertiary/aromatic N) is 1. The van der Waals surface area contributed by atoms with E-state index in [1.54, 1.807) is 6.08 Å². The predicted molar refractivity (Wildman–Crippen MR) is 62.4 cm³/mol. The second-order valence-electron chi connectivity index (χ2n) is 4.30. The Morgan fingerprint density at radius 1 is 1.40 bits per heavy atom. The van der Waals surface area contributed by atoms with E-state index in [9.17, 15) is 4.79 Å². The summed E-state index contributed by atoms with van der Waals surface area (Å²) in [7, 11) is 0. The zero-order valence-corrected chi connectivity index (χ0v) is 9.45. The van der Waals surface area contributed by atoms with Crippen LogP contribution in [0, 0.1) is 5.92 Å². The lowest BCUT2D eigenvalue weighted by atomic mass is 9.89. The lowest BCUT2D eigenvalue weighted by molar-refractivity contribution is -0.129. The van der Waals surface area contributed by atoms with E-state index in [0.717, 1.165) is 6.54 Å². The van der Waals surface area contributed by atoms with Gasteiger partial charge in [0, 0.05) is 13.1 Å². The number of nitrogens with two attached hydrogens (primary N) is 1. The Balaban J connectivity index is 2.41. The Morgan fingerprint density at radius 2 is 2.07 bits per heavy atom. The number of hydrogen-bond acceptors (Lipinski definition) is 2. The van der Waals surface area contributed by atoms with Crippen molar-refractivity contribution in [2.24, 2.45) is 11.7 Å². The van der Waals surface area contributed by atoms with Gasteiger partial charge >= 0.3 is 0 Å². The van der Waals surface area contributed by atoms with E-state index in [4.69, 9.17) is 5.73 Å². The third-order valence-corrected chi connectivity index (χ3v) is 3.08. The highest BCUT2D eigenvalue weighted by molar-refractivity contribution is 5.78. The van der Waals surface area contributed by atoms with E-state index in [0.29, 0.717) is 12.5 Å². The van der Waals surface area contributed by atoms with Gasteiger partial charge in [0.1, 0.15) is 0 Å². The van der Waals surface area contributed by atoms with Gasteiger partial charge in [0.05, 0.1) is 6.54 Å². The molecule has 0 aromatic carbocycles. The Labute approximate surface area is 92.3 Å². The lowest BCUT2D eigenvalue weighted by Gasteiger charge is -2.28. The van der Waals surface area contributed by atoms with Gasteiger partial charge in [-0.2, -0.15) is 0 Å². The topological polar surface area (TPSA) is 46.3 Å². The molecule has 1 fully saturated rings. The molecule has 0 aliphatic heterocycles. The normalized spacial score (nSPS) is 17.4. The van der Waals surface area contributed by atoms with Crippen LogP contribution in [0.4, 0.5) is 0 Å². The molecular formula is C12H22N2O. The largest absolute Gasteiger partial charge is 0.338 e. The smallest absolute Gasteiger partial charge is 0.236 e. The minimum absolute atomic E-state index is 0.0421. The Kier molecular flexibility index (Phi) is 5.40. The first-order chi connectivity index (χ1) is 7.27. The van der Waals surface area contributed by atoms with Gasteiger partial charge in [-0.25, -0.2) is 0 Å². The molecule has 0 saturated heterocycles. The van der Waals surface area contributed by atoms with Gasteiger partial charge in [-0.15, -0.1) is 6.58 Å². The van der Waals surface area contributed by atoms with Crippen LogP contribution in [-0.4, -0.2) is 30.4 Å². The van der Waals surface area contributed by atoms with Crippen LogP contribution < -0.4 is 5.73 Å². The SMILES string of the molecule is C=CCN(CC1CCCCC1)C(=O)CN. The van der Waals surface area contributed by atoms with E-state index in [1.807, 2.05) is 4.90 Å². The number of hydrogen-bond donors (Lipinski definition) is 1. The first-order valence-corrected chi connectivity index (χ1v) is 5.86. The van der Waals surface area contributed by atoms with Crippen molar-refractivity contribution in [3.05, 3.63) is 12.7 Å². The van der Waals surface area contributed by atoms with Crippen molar-refractivity contribution in [1.29, 1.82) is 0 Å². The van der Waals surface area contributed by atoms with Crippen LogP contribution in [0.1, 0.15) is 32.1 Å². The summed E-state index contributed by atoms with van der Waals surface area (Å²) >= 11 is 0. The summed E-state index contributed by atoms with van der Waals surface area (Å²) in [4.78, 5) is 13.4. The molecule has 0 atom stereocenters. The molecule has 0 aromatic rings. The number of carbonyl (C=O) groups excluding carboxylic acids is 1. The Morgan fingerprint density at radius 3 is 2.60 bits per heavy atom. The fourth-order valence-corrected chi connectivity index (χ4v) is 2.24. The quantitative estimate of drug-likeness (QED) is 0.700. The maximum absolute atomic E-state index is 11.5. The van der Waals surface area contributed by atoms with Crippen molar-refractivity contribution in [2.75, 3.05) is 19.6 Å². The molecule has 1 aliphatic rings. The van der Waals surface area contributed by atoms with Crippen LogP contribution in [0.15, 0.2) is 12.7 Å². The van der Waals surface area contributed by atoms with Gasteiger partial charge in [-0.05, 0) is 18.8 Å². The maximum atomic E-state index is 11.5. The minimum Gasteiger partial charge on any atom is -0.338 e. The monoisotopic (exact) mass is 210 g/mol. The van der Waals surface area contributed by atoms with Gasteiger partial charge in [-0.1, -0.05) is 25.3 Å². The van der Waals surface area contributed by atoms with Gasteiger partial charge in [-0.3, -0.25) is 4.79 Å². The number of carbonyl (C=O) groups is 1. The molecule has 0 unspecified atom stereocenters. The van der Waals surface area contributed by atoms with Crippen molar-refractivity contribution in [3.63, 3.8) is 0 Å². The molecule has 1 saturated carbocycles. The summed E-state index contributed by atoms with van der Waals surface area (Å²) in [5.74, 6) is 0.717. The zero-order chi connectivity index (χ0) is 11.1. The van der Waals surface area contributed by atoms with E-state index >= 15 is 0 Å². The molecule has 1 amide bonds. The second-order valence-corrected chi connectivity index (χ2v) is 4.30. The molecule has 3 nitrogen and oxygen atoms in total. The van der Waals surface area contributed by atoms with Crippen molar-refractivity contribution < 1.29 is 4.79 Å². The first kappa shape index (κ1) is 12.2. The van der Waals surface area contributed by atoms with E-state index in [1.165, 1.54) is 32.1 Å². The summed E-state index contributed by atoms with van der Waals surface area (Å²) in [6.07, 6.45) is 8.25.